The molecule has 1 amide bonds. The summed E-state index contributed by atoms with van der Waals surface area (Å²) in [7, 11) is -3.72. The maximum absolute atomic E-state index is 12.9. The molecule has 0 saturated heterocycles. The van der Waals surface area contributed by atoms with E-state index >= 15 is 0 Å². The zero-order valence-corrected chi connectivity index (χ0v) is 18.7. The minimum atomic E-state index is -3.72. The van der Waals surface area contributed by atoms with Crippen LogP contribution in [0.5, 0.6) is 0 Å². The van der Waals surface area contributed by atoms with E-state index in [1.54, 1.807) is 16.8 Å². The van der Waals surface area contributed by atoms with Crippen molar-refractivity contribution >= 4 is 21.7 Å². The second-order valence-corrected chi connectivity index (χ2v) is 10.6. The summed E-state index contributed by atoms with van der Waals surface area (Å²) in [5, 5.41) is 7.55. The molecule has 1 heterocycles. The number of carbonyl (C=O) groups excluding carboxylic acids is 1. The first kappa shape index (κ1) is 22.8. The summed E-state index contributed by atoms with van der Waals surface area (Å²) in [6, 6.07) is 7.77. The normalized spacial score (nSPS) is 12.6. The summed E-state index contributed by atoms with van der Waals surface area (Å²) in [5.41, 5.74) is 0.574. The third kappa shape index (κ3) is 5.55. The first-order valence-corrected chi connectivity index (χ1v) is 10.9. The van der Waals surface area contributed by atoms with Gasteiger partial charge in [0.25, 0.3) is 5.91 Å². The maximum Gasteiger partial charge on any atom is 0.256 e. The summed E-state index contributed by atoms with van der Waals surface area (Å²) in [6.07, 6.45) is 1.45. The Morgan fingerprint density at radius 2 is 1.83 bits per heavy atom. The van der Waals surface area contributed by atoms with Gasteiger partial charge in [0.2, 0.25) is 10.0 Å². The van der Waals surface area contributed by atoms with Crippen molar-refractivity contribution in [1.29, 1.82) is 0 Å². The van der Waals surface area contributed by atoms with Crippen molar-refractivity contribution in [3.05, 3.63) is 54.2 Å². The minimum Gasteiger partial charge on any atom is -0.307 e. The maximum atomic E-state index is 12.9. The Hall–Kier alpha value is -2.45. The Kier molecular flexibility index (Phi) is 6.39. The number of benzene rings is 1. The van der Waals surface area contributed by atoms with Crippen LogP contribution in [-0.2, 0) is 21.0 Å². The molecule has 1 aromatic carbocycles. The van der Waals surface area contributed by atoms with Gasteiger partial charge >= 0.3 is 0 Å². The zero-order chi connectivity index (χ0) is 22.0. The highest BCUT2D eigenvalue weighted by Gasteiger charge is 2.26. The average molecular weight is 419 g/mol. The van der Waals surface area contributed by atoms with Crippen molar-refractivity contribution in [1.82, 2.24) is 14.5 Å². The van der Waals surface area contributed by atoms with Gasteiger partial charge in [-0.2, -0.15) is 5.10 Å². The largest absolute Gasteiger partial charge is 0.307 e. The Bertz CT molecular complexity index is 1010. The predicted octanol–water partition coefficient (Wildman–Crippen LogP) is 3.65. The second-order valence-electron chi connectivity index (χ2n) is 8.87. The number of nitrogens with one attached hydrogen (secondary N) is 2. The monoisotopic (exact) mass is 418 g/mol. The van der Waals surface area contributed by atoms with E-state index in [2.05, 4.69) is 42.5 Å². The lowest BCUT2D eigenvalue weighted by molar-refractivity contribution is 0.102. The number of amides is 1. The quantitative estimate of drug-likeness (QED) is 0.700. The van der Waals surface area contributed by atoms with Crippen molar-refractivity contribution in [2.45, 2.75) is 57.4 Å². The van der Waals surface area contributed by atoms with Crippen LogP contribution in [-0.4, -0.2) is 30.7 Å². The lowest BCUT2D eigenvalue weighted by atomic mass is 9.92. The van der Waals surface area contributed by atoms with E-state index in [0.717, 1.165) is 5.69 Å². The molecule has 0 spiro atoms. The fourth-order valence-electron chi connectivity index (χ4n) is 2.59. The molecule has 1 aromatic heterocycles. The third-order valence-corrected chi connectivity index (χ3v) is 5.60. The smallest absolute Gasteiger partial charge is 0.256 e. The van der Waals surface area contributed by atoms with Crippen LogP contribution in [0.3, 0.4) is 0 Å². The number of sulfonamides is 1. The summed E-state index contributed by atoms with van der Waals surface area (Å²) in [5.74, 6) is 0.155. The zero-order valence-electron chi connectivity index (χ0n) is 17.9. The molecule has 0 radical (unpaired) electrons. The number of anilines is 1. The molecular weight excluding hydrogens is 388 g/mol. The van der Waals surface area contributed by atoms with Crippen molar-refractivity contribution in [3.63, 3.8) is 0 Å². The van der Waals surface area contributed by atoms with Gasteiger partial charge in [0.1, 0.15) is 5.82 Å². The van der Waals surface area contributed by atoms with Crippen molar-refractivity contribution in [2.24, 2.45) is 0 Å². The molecule has 0 atom stereocenters. The molecule has 2 rings (SSSR count). The second kappa shape index (κ2) is 8.12. The van der Waals surface area contributed by atoms with E-state index in [9.17, 15) is 13.2 Å². The van der Waals surface area contributed by atoms with E-state index in [-0.39, 0.29) is 28.0 Å². The standard InChI is InChI=1S/C21H30N4O3S/c1-8-12-22-29(27,28)16-11-9-10-15(13-16)19(26)23-18-14-17(20(2,3)4)24-25(18)21(5,6)7/h8-11,13-14,22H,1,12H2,2-7H3,(H,23,26). The summed E-state index contributed by atoms with van der Waals surface area (Å²) < 4.78 is 28.8. The van der Waals surface area contributed by atoms with Crippen molar-refractivity contribution in [2.75, 3.05) is 11.9 Å². The van der Waals surface area contributed by atoms with E-state index in [1.165, 1.54) is 18.2 Å². The van der Waals surface area contributed by atoms with Gasteiger partial charge in [-0.25, -0.2) is 17.8 Å². The Morgan fingerprint density at radius 1 is 1.17 bits per heavy atom. The van der Waals surface area contributed by atoms with Gasteiger partial charge in [0, 0.05) is 23.6 Å². The molecule has 7 nitrogen and oxygen atoms in total. The molecule has 0 aliphatic heterocycles. The topological polar surface area (TPSA) is 93.1 Å². The Morgan fingerprint density at radius 3 is 2.38 bits per heavy atom. The molecule has 8 heteroatoms. The van der Waals surface area contributed by atoms with Crippen LogP contribution in [0.15, 0.2) is 47.9 Å². The van der Waals surface area contributed by atoms with Crippen molar-refractivity contribution < 1.29 is 13.2 Å². The highest BCUT2D eigenvalue weighted by atomic mass is 32.2. The first-order chi connectivity index (χ1) is 13.3. The van der Waals surface area contributed by atoms with E-state index in [1.807, 2.05) is 26.8 Å². The summed E-state index contributed by atoms with van der Waals surface area (Å²) in [6.45, 7) is 15.8. The van der Waals surface area contributed by atoms with Gasteiger partial charge in [-0.1, -0.05) is 32.9 Å². The fraction of sp³-hybridized carbons (Fsp3) is 0.429. The lowest BCUT2D eigenvalue weighted by Gasteiger charge is -2.23. The number of nitrogens with zero attached hydrogens (tertiary/aromatic N) is 2. The highest BCUT2D eigenvalue weighted by molar-refractivity contribution is 7.89. The minimum absolute atomic E-state index is 0.0201. The van der Waals surface area contributed by atoms with Crippen LogP contribution in [0.2, 0.25) is 0 Å². The molecular formula is C21H30N4O3S. The molecule has 2 N–H and O–H groups in total. The van der Waals surface area contributed by atoms with E-state index < -0.39 is 15.9 Å². The number of rotatable bonds is 6. The highest BCUT2D eigenvalue weighted by Crippen LogP contribution is 2.28. The van der Waals surface area contributed by atoms with Gasteiger partial charge in [0.15, 0.2) is 0 Å². The number of carbonyl (C=O) groups is 1. The van der Waals surface area contributed by atoms with Crippen LogP contribution in [0, 0.1) is 0 Å². The molecule has 0 aliphatic rings. The Balaban J connectivity index is 2.37. The van der Waals surface area contributed by atoms with Crippen LogP contribution < -0.4 is 10.0 Å². The van der Waals surface area contributed by atoms with E-state index in [4.69, 9.17) is 0 Å². The first-order valence-electron chi connectivity index (χ1n) is 9.39. The van der Waals surface area contributed by atoms with Gasteiger partial charge in [-0.15, -0.1) is 6.58 Å². The van der Waals surface area contributed by atoms with Gasteiger partial charge < -0.3 is 5.32 Å². The van der Waals surface area contributed by atoms with Crippen LogP contribution in [0.25, 0.3) is 0 Å². The molecule has 0 saturated carbocycles. The molecule has 0 unspecified atom stereocenters. The van der Waals surface area contributed by atoms with E-state index in [0.29, 0.717) is 5.82 Å². The average Bonchev–Trinajstić information content (AvgIpc) is 3.04. The van der Waals surface area contributed by atoms with Crippen LogP contribution >= 0.6 is 0 Å². The Labute approximate surface area is 173 Å². The summed E-state index contributed by atoms with van der Waals surface area (Å²) >= 11 is 0. The molecule has 158 valence electrons. The number of hydrogen-bond donors (Lipinski definition) is 2. The lowest BCUT2D eigenvalue weighted by Crippen LogP contribution is -2.27. The molecule has 0 bridgehead atoms. The fourth-order valence-corrected chi connectivity index (χ4v) is 3.64. The molecule has 0 aliphatic carbocycles. The van der Waals surface area contributed by atoms with Crippen molar-refractivity contribution in [3.8, 4) is 0 Å². The molecule has 2 aromatic rings. The van der Waals surface area contributed by atoms with Gasteiger partial charge in [-0.05, 0) is 39.0 Å². The van der Waals surface area contributed by atoms with Crippen LogP contribution in [0.4, 0.5) is 5.82 Å². The summed E-state index contributed by atoms with van der Waals surface area (Å²) in [4.78, 5) is 12.9. The third-order valence-electron chi connectivity index (χ3n) is 4.18. The van der Waals surface area contributed by atoms with Crippen LogP contribution in [0.1, 0.15) is 57.6 Å². The van der Waals surface area contributed by atoms with Gasteiger partial charge in [0.05, 0.1) is 16.1 Å². The predicted molar refractivity (Wildman–Crippen MR) is 116 cm³/mol. The SMILES string of the molecule is C=CCNS(=O)(=O)c1cccc(C(=O)Nc2cc(C(C)(C)C)nn2C(C)(C)C)c1. The molecule has 0 fully saturated rings. The number of aromatic nitrogens is 2. The van der Waals surface area contributed by atoms with Gasteiger partial charge in [-0.3, -0.25) is 4.79 Å². The number of hydrogen-bond acceptors (Lipinski definition) is 4. The molecule has 29 heavy (non-hydrogen) atoms.